The molecule has 0 saturated carbocycles. The molecule has 0 aliphatic heterocycles. The number of aliphatic hydroxyl groups excluding tert-OH is 1. The second-order valence-electron chi connectivity index (χ2n) is 5.85. The highest BCUT2D eigenvalue weighted by Crippen LogP contribution is 2.29. The summed E-state index contributed by atoms with van der Waals surface area (Å²) in [7, 11) is 1.42. The standard InChI is InChI=1S/C20H24O3/c1-15-8-10-17(11-9-15)19(20(22)23-2)13-12-18(14-21)16-6-4-3-5-7-16/h3-11,18-19,21H,12-14H2,1-2H3. The van der Waals surface area contributed by atoms with Crippen molar-refractivity contribution in [3.05, 3.63) is 71.3 Å². The van der Waals surface area contributed by atoms with Gasteiger partial charge >= 0.3 is 5.97 Å². The third kappa shape index (κ3) is 4.67. The number of carbonyl (C=O) groups is 1. The van der Waals surface area contributed by atoms with E-state index in [1.807, 2.05) is 61.5 Å². The maximum absolute atomic E-state index is 12.2. The van der Waals surface area contributed by atoms with Gasteiger partial charge in [-0.15, -0.1) is 0 Å². The normalized spacial score (nSPS) is 13.3. The number of benzene rings is 2. The fourth-order valence-corrected chi connectivity index (χ4v) is 2.82. The van der Waals surface area contributed by atoms with Crippen molar-refractivity contribution in [1.82, 2.24) is 0 Å². The molecule has 2 rings (SSSR count). The van der Waals surface area contributed by atoms with Gasteiger partial charge in [-0.3, -0.25) is 4.79 Å². The zero-order valence-corrected chi connectivity index (χ0v) is 13.7. The van der Waals surface area contributed by atoms with Crippen LogP contribution in [0.1, 0.15) is 41.4 Å². The molecule has 0 aromatic heterocycles. The van der Waals surface area contributed by atoms with E-state index in [4.69, 9.17) is 4.74 Å². The van der Waals surface area contributed by atoms with Gasteiger partial charge in [-0.1, -0.05) is 60.2 Å². The lowest BCUT2D eigenvalue weighted by molar-refractivity contribution is -0.142. The van der Waals surface area contributed by atoms with Gasteiger partial charge in [-0.25, -0.2) is 0 Å². The first kappa shape index (κ1) is 17.2. The van der Waals surface area contributed by atoms with Crippen molar-refractivity contribution in [2.24, 2.45) is 0 Å². The topological polar surface area (TPSA) is 46.5 Å². The molecule has 23 heavy (non-hydrogen) atoms. The van der Waals surface area contributed by atoms with Crippen LogP contribution in [0, 0.1) is 6.92 Å². The van der Waals surface area contributed by atoms with E-state index in [0.29, 0.717) is 6.42 Å². The fourth-order valence-electron chi connectivity index (χ4n) is 2.82. The third-order valence-electron chi connectivity index (χ3n) is 4.26. The van der Waals surface area contributed by atoms with Crippen LogP contribution in [0.5, 0.6) is 0 Å². The molecular formula is C20H24O3. The smallest absolute Gasteiger partial charge is 0.313 e. The Bertz CT molecular complexity index is 605. The van der Waals surface area contributed by atoms with Crippen molar-refractivity contribution in [3.8, 4) is 0 Å². The molecule has 2 aromatic carbocycles. The molecule has 0 amide bonds. The highest BCUT2D eigenvalue weighted by molar-refractivity contribution is 5.78. The van der Waals surface area contributed by atoms with Gasteiger partial charge < -0.3 is 9.84 Å². The summed E-state index contributed by atoms with van der Waals surface area (Å²) >= 11 is 0. The molecule has 0 fully saturated rings. The summed E-state index contributed by atoms with van der Waals surface area (Å²) in [6.45, 7) is 2.10. The third-order valence-corrected chi connectivity index (χ3v) is 4.26. The summed E-state index contributed by atoms with van der Waals surface area (Å²) in [4.78, 5) is 12.2. The van der Waals surface area contributed by atoms with Gasteiger partial charge in [0.05, 0.1) is 13.0 Å². The highest BCUT2D eigenvalue weighted by atomic mass is 16.5. The van der Waals surface area contributed by atoms with Gasteiger partial charge in [0.1, 0.15) is 0 Å². The SMILES string of the molecule is COC(=O)C(CCC(CO)c1ccccc1)c1ccc(C)cc1. The summed E-state index contributed by atoms with van der Waals surface area (Å²) < 4.78 is 4.97. The van der Waals surface area contributed by atoms with Crippen molar-refractivity contribution in [3.63, 3.8) is 0 Å². The summed E-state index contributed by atoms with van der Waals surface area (Å²) in [6, 6.07) is 17.9. The number of aryl methyl sites for hydroxylation is 1. The van der Waals surface area contributed by atoms with Gasteiger partial charge in [0.15, 0.2) is 0 Å². The minimum absolute atomic E-state index is 0.0359. The Kier molecular flexibility index (Phi) is 6.36. The Morgan fingerprint density at radius 3 is 2.22 bits per heavy atom. The first-order valence-electron chi connectivity index (χ1n) is 7.96. The molecule has 0 spiro atoms. The highest BCUT2D eigenvalue weighted by Gasteiger charge is 2.23. The molecule has 0 radical (unpaired) electrons. The number of ether oxygens (including phenoxy) is 1. The Morgan fingerprint density at radius 1 is 1.00 bits per heavy atom. The van der Waals surface area contributed by atoms with Crippen molar-refractivity contribution < 1.29 is 14.6 Å². The van der Waals surface area contributed by atoms with Crippen molar-refractivity contribution >= 4 is 5.97 Å². The molecule has 2 aromatic rings. The molecule has 0 saturated heterocycles. The molecule has 0 aliphatic rings. The fraction of sp³-hybridized carbons (Fsp3) is 0.350. The van der Waals surface area contributed by atoms with E-state index in [-0.39, 0.29) is 24.4 Å². The molecule has 0 heterocycles. The second-order valence-corrected chi connectivity index (χ2v) is 5.85. The van der Waals surface area contributed by atoms with E-state index in [2.05, 4.69) is 0 Å². The lowest BCUT2D eigenvalue weighted by Gasteiger charge is -2.19. The van der Waals surface area contributed by atoms with Crippen LogP contribution in [-0.2, 0) is 9.53 Å². The Morgan fingerprint density at radius 2 is 1.65 bits per heavy atom. The minimum atomic E-state index is -0.293. The quantitative estimate of drug-likeness (QED) is 0.791. The van der Waals surface area contributed by atoms with Gasteiger partial charge in [0.2, 0.25) is 0 Å². The Balaban J connectivity index is 2.11. The monoisotopic (exact) mass is 312 g/mol. The molecule has 3 nitrogen and oxygen atoms in total. The van der Waals surface area contributed by atoms with E-state index in [9.17, 15) is 9.90 Å². The Hall–Kier alpha value is -2.13. The number of hydrogen-bond acceptors (Lipinski definition) is 3. The molecule has 0 bridgehead atoms. The van der Waals surface area contributed by atoms with E-state index in [1.165, 1.54) is 7.11 Å². The molecule has 2 atom stereocenters. The lowest BCUT2D eigenvalue weighted by Crippen LogP contribution is -2.16. The summed E-state index contributed by atoms with van der Waals surface area (Å²) in [5.74, 6) is -0.481. The predicted octanol–water partition coefficient (Wildman–Crippen LogP) is 3.81. The van der Waals surface area contributed by atoms with E-state index in [1.54, 1.807) is 0 Å². The van der Waals surface area contributed by atoms with Crippen LogP contribution in [0.4, 0.5) is 0 Å². The number of rotatable bonds is 7. The number of hydrogen-bond donors (Lipinski definition) is 1. The van der Waals surface area contributed by atoms with Gasteiger partial charge in [-0.05, 0) is 30.9 Å². The van der Waals surface area contributed by atoms with E-state index in [0.717, 1.165) is 23.1 Å². The van der Waals surface area contributed by atoms with Crippen LogP contribution >= 0.6 is 0 Å². The molecule has 122 valence electrons. The van der Waals surface area contributed by atoms with Crippen LogP contribution in [0.15, 0.2) is 54.6 Å². The lowest BCUT2D eigenvalue weighted by atomic mass is 9.87. The van der Waals surface area contributed by atoms with Gasteiger partial charge in [-0.2, -0.15) is 0 Å². The molecule has 2 unspecified atom stereocenters. The van der Waals surface area contributed by atoms with Gasteiger partial charge in [0.25, 0.3) is 0 Å². The summed E-state index contributed by atoms with van der Waals surface area (Å²) in [6.07, 6.45) is 1.38. The molecule has 1 N–H and O–H groups in total. The summed E-state index contributed by atoms with van der Waals surface area (Å²) in [5, 5.41) is 9.68. The number of aliphatic hydroxyl groups is 1. The van der Waals surface area contributed by atoms with Crippen LogP contribution in [0.2, 0.25) is 0 Å². The number of carbonyl (C=O) groups excluding carboxylic acids is 1. The van der Waals surface area contributed by atoms with Crippen LogP contribution in [0.3, 0.4) is 0 Å². The zero-order valence-electron chi connectivity index (χ0n) is 13.7. The average molecular weight is 312 g/mol. The van der Waals surface area contributed by atoms with Gasteiger partial charge in [0, 0.05) is 12.5 Å². The zero-order chi connectivity index (χ0) is 16.7. The van der Waals surface area contributed by atoms with Crippen LogP contribution in [-0.4, -0.2) is 24.8 Å². The molecular weight excluding hydrogens is 288 g/mol. The minimum Gasteiger partial charge on any atom is -0.469 e. The average Bonchev–Trinajstić information content (AvgIpc) is 2.60. The maximum atomic E-state index is 12.2. The molecule has 0 aliphatic carbocycles. The van der Waals surface area contributed by atoms with E-state index >= 15 is 0 Å². The largest absolute Gasteiger partial charge is 0.469 e. The number of methoxy groups -OCH3 is 1. The van der Waals surface area contributed by atoms with Crippen LogP contribution < -0.4 is 0 Å². The second kappa shape index (κ2) is 8.49. The molecule has 3 heteroatoms. The van der Waals surface area contributed by atoms with Crippen molar-refractivity contribution in [1.29, 1.82) is 0 Å². The predicted molar refractivity (Wildman–Crippen MR) is 91.4 cm³/mol. The Labute approximate surface area is 137 Å². The first-order valence-corrected chi connectivity index (χ1v) is 7.96. The maximum Gasteiger partial charge on any atom is 0.313 e. The number of esters is 1. The van der Waals surface area contributed by atoms with Crippen LogP contribution in [0.25, 0.3) is 0 Å². The summed E-state index contributed by atoms with van der Waals surface area (Å²) in [5.41, 5.74) is 3.23. The van der Waals surface area contributed by atoms with Crippen molar-refractivity contribution in [2.45, 2.75) is 31.6 Å². The van der Waals surface area contributed by atoms with Crippen molar-refractivity contribution in [2.75, 3.05) is 13.7 Å². The van der Waals surface area contributed by atoms with E-state index < -0.39 is 0 Å². The first-order chi connectivity index (χ1) is 11.2.